The number of hydrogen-bond acceptors (Lipinski definition) is 0. The standard InChI is InChI=1S/C6H12.C4H9F.C4H10/c1-5(2)6-3-4-6;1-4(2)3-5;1-4(2)3/h5-6H,3-4H2,1-2H3;4H,3H2,1-2H3;4H,1-3H3. The summed E-state index contributed by atoms with van der Waals surface area (Å²) in [7, 11) is 0. The largest absolute Gasteiger partial charge is 0.251 e. The fraction of sp³-hybridized carbons (Fsp3) is 1.00. The molecule has 1 heteroatoms. The maximum atomic E-state index is 11.1. The van der Waals surface area contributed by atoms with Crippen molar-refractivity contribution >= 4 is 0 Å². The third-order valence-electron chi connectivity index (χ3n) is 1.87. The molecule has 0 atom stereocenters. The minimum Gasteiger partial charge on any atom is -0.251 e. The van der Waals surface area contributed by atoms with Crippen molar-refractivity contribution in [1.29, 1.82) is 0 Å². The third kappa shape index (κ3) is 24.9. The van der Waals surface area contributed by atoms with Gasteiger partial charge in [0.15, 0.2) is 0 Å². The fourth-order valence-corrected chi connectivity index (χ4v) is 0.763. The van der Waals surface area contributed by atoms with Gasteiger partial charge in [0.2, 0.25) is 0 Å². The van der Waals surface area contributed by atoms with Crippen LogP contribution in [0.3, 0.4) is 0 Å². The Hall–Kier alpha value is -0.0700. The van der Waals surface area contributed by atoms with Gasteiger partial charge in [-0.25, -0.2) is 0 Å². The summed E-state index contributed by atoms with van der Waals surface area (Å²) >= 11 is 0. The summed E-state index contributed by atoms with van der Waals surface area (Å²) in [5, 5.41) is 0. The molecular formula is C14H31F. The number of hydrogen-bond donors (Lipinski definition) is 0. The summed E-state index contributed by atoms with van der Waals surface area (Å²) in [6.07, 6.45) is 3.00. The molecule has 1 aliphatic rings. The van der Waals surface area contributed by atoms with Crippen LogP contribution in [-0.2, 0) is 0 Å². The minimum atomic E-state index is -0.194. The van der Waals surface area contributed by atoms with E-state index in [-0.39, 0.29) is 12.6 Å². The van der Waals surface area contributed by atoms with Crippen LogP contribution in [-0.4, -0.2) is 6.67 Å². The summed E-state index contributed by atoms with van der Waals surface area (Å²) in [5.41, 5.74) is 0. The molecule has 0 aromatic heterocycles. The van der Waals surface area contributed by atoms with E-state index in [4.69, 9.17) is 0 Å². The predicted molar refractivity (Wildman–Crippen MR) is 68.9 cm³/mol. The Labute approximate surface area is 96.7 Å². The molecule has 0 nitrogen and oxygen atoms in total. The Morgan fingerprint density at radius 2 is 1.20 bits per heavy atom. The van der Waals surface area contributed by atoms with E-state index in [1.807, 2.05) is 13.8 Å². The van der Waals surface area contributed by atoms with Crippen molar-refractivity contribution in [1.82, 2.24) is 0 Å². The van der Waals surface area contributed by atoms with E-state index < -0.39 is 0 Å². The minimum absolute atomic E-state index is 0.194. The van der Waals surface area contributed by atoms with Crippen molar-refractivity contribution in [3.8, 4) is 0 Å². The smallest absolute Gasteiger partial charge is 0.0917 e. The Morgan fingerprint density at radius 1 is 0.933 bits per heavy atom. The van der Waals surface area contributed by atoms with Crippen LogP contribution < -0.4 is 0 Å². The molecule has 0 amide bonds. The van der Waals surface area contributed by atoms with E-state index in [1.165, 1.54) is 12.8 Å². The Balaban J connectivity index is 0. The summed E-state index contributed by atoms with van der Waals surface area (Å²) < 4.78 is 11.1. The topological polar surface area (TPSA) is 0 Å². The van der Waals surface area contributed by atoms with Crippen LogP contribution in [0, 0.1) is 23.7 Å². The van der Waals surface area contributed by atoms with Gasteiger partial charge in [-0.05, 0) is 36.5 Å². The Bertz CT molecular complexity index is 110. The summed E-state index contributed by atoms with van der Waals surface area (Å²) in [4.78, 5) is 0. The van der Waals surface area contributed by atoms with Gasteiger partial charge in [0.25, 0.3) is 0 Å². The first-order chi connectivity index (χ1) is 6.81. The van der Waals surface area contributed by atoms with Gasteiger partial charge in [0, 0.05) is 0 Å². The van der Waals surface area contributed by atoms with Gasteiger partial charge < -0.3 is 0 Å². The summed E-state index contributed by atoms with van der Waals surface area (Å²) in [6.45, 7) is 14.6. The molecule has 0 saturated heterocycles. The van der Waals surface area contributed by atoms with Crippen molar-refractivity contribution in [3.63, 3.8) is 0 Å². The number of alkyl halides is 1. The second-order valence-electron chi connectivity index (χ2n) is 5.86. The van der Waals surface area contributed by atoms with Gasteiger partial charge in [0.05, 0.1) is 6.67 Å². The van der Waals surface area contributed by atoms with E-state index in [2.05, 4.69) is 34.6 Å². The van der Waals surface area contributed by atoms with Gasteiger partial charge >= 0.3 is 0 Å². The molecule has 1 rings (SSSR count). The normalized spacial score (nSPS) is 14.6. The molecule has 1 saturated carbocycles. The van der Waals surface area contributed by atoms with Crippen molar-refractivity contribution in [2.45, 2.75) is 61.3 Å². The molecule has 0 radical (unpaired) electrons. The summed E-state index contributed by atoms with van der Waals surface area (Å²) in [5.74, 6) is 3.12. The van der Waals surface area contributed by atoms with Crippen LogP contribution in [0.2, 0.25) is 0 Å². The highest BCUT2D eigenvalue weighted by molar-refractivity contribution is 4.75. The van der Waals surface area contributed by atoms with Crippen LogP contribution in [0.25, 0.3) is 0 Å². The fourth-order valence-electron chi connectivity index (χ4n) is 0.763. The first-order valence-electron chi connectivity index (χ1n) is 6.37. The van der Waals surface area contributed by atoms with Gasteiger partial charge in [-0.3, -0.25) is 4.39 Å². The lowest BCUT2D eigenvalue weighted by Gasteiger charge is -1.94. The molecular weight excluding hydrogens is 187 g/mol. The quantitative estimate of drug-likeness (QED) is 0.588. The zero-order valence-corrected chi connectivity index (χ0v) is 11.8. The molecule has 1 fully saturated rings. The van der Waals surface area contributed by atoms with Crippen LogP contribution in [0.5, 0.6) is 0 Å². The Morgan fingerprint density at radius 3 is 1.20 bits per heavy atom. The van der Waals surface area contributed by atoms with Crippen LogP contribution in [0.15, 0.2) is 0 Å². The Kier molecular flexibility index (Phi) is 12.1. The van der Waals surface area contributed by atoms with E-state index in [0.717, 1.165) is 17.8 Å². The van der Waals surface area contributed by atoms with Crippen LogP contribution in [0.4, 0.5) is 4.39 Å². The van der Waals surface area contributed by atoms with E-state index in [1.54, 1.807) is 0 Å². The van der Waals surface area contributed by atoms with Gasteiger partial charge in [-0.15, -0.1) is 0 Å². The average Bonchev–Trinajstić information content (AvgIpc) is 2.85. The molecule has 0 aromatic carbocycles. The molecule has 94 valence electrons. The SMILES string of the molecule is CC(C)C.CC(C)C1CC1.CC(C)CF. The lowest BCUT2D eigenvalue weighted by Crippen LogP contribution is -1.85. The first-order valence-corrected chi connectivity index (χ1v) is 6.37. The van der Waals surface area contributed by atoms with Gasteiger partial charge in [-0.1, -0.05) is 48.5 Å². The molecule has 1 aliphatic carbocycles. The number of rotatable bonds is 2. The molecule has 0 aliphatic heterocycles. The van der Waals surface area contributed by atoms with Crippen molar-refractivity contribution < 1.29 is 4.39 Å². The third-order valence-corrected chi connectivity index (χ3v) is 1.87. The monoisotopic (exact) mass is 218 g/mol. The molecule has 0 heterocycles. The highest BCUT2D eigenvalue weighted by Crippen LogP contribution is 2.35. The van der Waals surface area contributed by atoms with Crippen LogP contribution in [0.1, 0.15) is 61.3 Å². The highest BCUT2D eigenvalue weighted by Gasteiger charge is 2.23. The van der Waals surface area contributed by atoms with Crippen LogP contribution >= 0.6 is 0 Å². The molecule has 0 N–H and O–H groups in total. The van der Waals surface area contributed by atoms with E-state index in [0.29, 0.717) is 0 Å². The first kappa shape index (κ1) is 17.3. The number of halogens is 1. The molecule has 0 aromatic rings. The zero-order valence-electron chi connectivity index (χ0n) is 11.8. The maximum Gasteiger partial charge on any atom is 0.0917 e. The van der Waals surface area contributed by atoms with Crippen molar-refractivity contribution in [2.24, 2.45) is 23.7 Å². The second-order valence-corrected chi connectivity index (χ2v) is 5.86. The van der Waals surface area contributed by atoms with Crippen molar-refractivity contribution in [3.05, 3.63) is 0 Å². The molecule has 15 heavy (non-hydrogen) atoms. The maximum absolute atomic E-state index is 11.1. The highest BCUT2D eigenvalue weighted by atomic mass is 19.1. The predicted octanol–water partition coefficient (Wildman–Crippen LogP) is 5.33. The lowest BCUT2D eigenvalue weighted by atomic mass is 10.1. The van der Waals surface area contributed by atoms with Gasteiger partial charge in [-0.2, -0.15) is 0 Å². The molecule has 0 spiro atoms. The second kappa shape index (κ2) is 10.4. The molecule has 0 bridgehead atoms. The lowest BCUT2D eigenvalue weighted by molar-refractivity contribution is 0.404. The van der Waals surface area contributed by atoms with Crippen molar-refractivity contribution in [2.75, 3.05) is 6.67 Å². The van der Waals surface area contributed by atoms with E-state index in [9.17, 15) is 4.39 Å². The molecule has 0 unspecified atom stereocenters. The summed E-state index contributed by atoms with van der Waals surface area (Å²) in [6, 6.07) is 0. The average molecular weight is 218 g/mol. The zero-order chi connectivity index (χ0) is 12.4. The van der Waals surface area contributed by atoms with Gasteiger partial charge in [0.1, 0.15) is 0 Å². The van der Waals surface area contributed by atoms with E-state index >= 15 is 0 Å².